The number of rotatable bonds is 9. The lowest BCUT2D eigenvalue weighted by Gasteiger charge is -2.11. The predicted molar refractivity (Wildman–Crippen MR) is 125 cm³/mol. The van der Waals surface area contributed by atoms with Crippen molar-refractivity contribution in [3.8, 4) is 0 Å². The lowest BCUT2D eigenvalue weighted by molar-refractivity contribution is 0.0963. The molecule has 0 aliphatic heterocycles. The Labute approximate surface area is 181 Å². The molecule has 0 saturated heterocycles. The number of nitrogens with zero attached hydrogens (tertiary/aromatic N) is 2. The van der Waals surface area contributed by atoms with Gasteiger partial charge < -0.3 is 16.0 Å². The number of benzene rings is 2. The van der Waals surface area contributed by atoms with Gasteiger partial charge in [-0.2, -0.15) is 0 Å². The average molecular weight is 424 g/mol. The molecule has 7 heteroatoms. The molecule has 0 aliphatic carbocycles. The second-order valence-electron chi connectivity index (χ2n) is 6.90. The topological polar surface area (TPSA) is 78.4 Å². The predicted octanol–water partition coefficient (Wildman–Crippen LogP) is 3.39. The number of hydrogen-bond acceptors (Lipinski definition) is 4. The third-order valence-electron chi connectivity index (χ3n) is 4.62. The monoisotopic (exact) mass is 423 g/mol. The summed E-state index contributed by atoms with van der Waals surface area (Å²) in [6, 6.07) is 16.0. The van der Waals surface area contributed by atoms with E-state index in [4.69, 9.17) is 0 Å². The molecule has 1 amide bonds. The standard InChI is InChI=1S/C23H29N5OS/c1-3-25-23(27-15-13-17-8-6-9-18(16-17)22(29)24-2)26-14-7-12-21-28-19-10-4-5-11-20(19)30-21/h4-6,8-11,16H,3,7,12-15H2,1-2H3,(H,24,29)(H2,25,26,27). The zero-order valence-corrected chi connectivity index (χ0v) is 18.4. The Morgan fingerprint density at radius 3 is 2.77 bits per heavy atom. The molecule has 3 aromatic rings. The molecule has 6 nitrogen and oxygen atoms in total. The number of fused-ring (bicyclic) bond motifs is 1. The van der Waals surface area contributed by atoms with Gasteiger partial charge in [0.1, 0.15) is 0 Å². The number of thiazole rings is 1. The molecule has 0 saturated carbocycles. The van der Waals surface area contributed by atoms with Gasteiger partial charge in [0.05, 0.1) is 15.2 Å². The maximum absolute atomic E-state index is 11.8. The third kappa shape index (κ3) is 6.29. The van der Waals surface area contributed by atoms with Crippen molar-refractivity contribution in [1.29, 1.82) is 0 Å². The molecule has 0 unspecified atom stereocenters. The minimum absolute atomic E-state index is 0.0622. The van der Waals surface area contributed by atoms with Gasteiger partial charge in [0.25, 0.3) is 5.91 Å². The van der Waals surface area contributed by atoms with E-state index in [2.05, 4.69) is 51.0 Å². The third-order valence-corrected chi connectivity index (χ3v) is 5.72. The molecule has 0 bridgehead atoms. The summed E-state index contributed by atoms with van der Waals surface area (Å²) in [5.74, 6) is 0.761. The number of carbonyl (C=O) groups excluding carboxylic acids is 1. The normalized spacial score (nSPS) is 11.5. The fourth-order valence-electron chi connectivity index (χ4n) is 3.13. The Hall–Kier alpha value is -2.93. The van der Waals surface area contributed by atoms with Crippen LogP contribution in [-0.4, -0.2) is 43.5 Å². The molecule has 0 spiro atoms. The van der Waals surface area contributed by atoms with E-state index in [1.54, 1.807) is 18.4 Å². The average Bonchev–Trinajstić information content (AvgIpc) is 3.19. The Morgan fingerprint density at radius 1 is 1.10 bits per heavy atom. The largest absolute Gasteiger partial charge is 0.357 e. The molecule has 0 radical (unpaired) electrons. The molecular weight excluding hydrogens is 394 g/mol. The highest BCUT2D eigenvalue weighted by Gasteiger charge is 2.05. The zero-order valence-electron chi connectivity index (χ0n) is 17.6. The second-order valence-corrected chi connectivity index (χ2v) is 8.01. The summed E-state index contributed by atoms with van der Waals surface area (Å²) in [4.78, 5) is 21.1. The van der Waals surface area contributed by atoms with Crippen molar-refractivity contribution in [1.82, 2.24) is 20.9 Å². The Balaban J connectivity index is 1.46. The highest BCUT2D eigenvalue weighted by Crippen LogP contribution is 2.22. The number of para-hydroxylation sites is 1. The highest BCUT2D eigenvalue weighted by molar-refractivity contribution is 7.18. The summed E-state index contributed by atoms with van der Waals surface area (Å²) in [5, 5.41) is 10.5. The Kier molecular flexibility index (Phi) is 8.20. The highest BCUT2D eigenvalue weighted by atomic mass is 32.1. The minimum Gasteiger partial charge on any atom is -0.357 e. The number of guanidine groups is 1. The van der Waals surface area contributed by atoms with E-state index in [0.717, 1.165) is 55.9 Å². The molecule has 0 atom stereocenters. The van der Waals surface area contributed by atoms with Gasteiger partial charge in [-0.1, -0.05) is 24.3 Å². The molecule has 0 aliphatic rings. The molecular formula is C23H29N5OS. The van der Waals surface area contributed by atoms with Gasteiger partial charge in [-0.25, -0.2) is 4.98 Å². The second kappa shape index (κ2) is 11.3. The van der Waals surface area contributed by atoms with E-state index >= 15 is 0 Å². The first-order valence-electron chi connectivity index (χ1n) is 10.4. The summed E-state index contributed by atoms with van der Waals surface area (Å²) in [6.07, 6.45) is 2.72. The smallest absolute Gasteiger partial charge is 0.251 e. The maximum Gasteiger partial charge on any atom is 0.251 e. The van der Waals surface area contributed by atoms with Crippen molar-refractivity contribution < 1.29 is 4.79 Å². The SMILES string of the molecule is CCNC(=NCCCc1nc2ccccc2s1)NCCc1cccc(C(=O)NC)c1. The van der Waals surface area contributed by atoms with Crippen LogP contribution in [0.25, 0.3) is 10.2 Å². The molecule has 30 heavy (non-hydrogen) atoms. The van der Waals surface area contributed by atoms with Crippen LogP contribution in [0, 0.1) is 0 Å². The summed E-state index contributed by atoms with van der Waals surface area (Å²) >= 11 is 1.76. The first-order valence-corrected chi connectivity index (χ1v) is 11.2. The fourth-order valence-corrected chi connectivity index (χ4v) is 4.14. The maximum atomic E-state index is 11.8. The van der Waals surface area contributed by atoms with Crippen LogP contribution in [-0.2, 0) is 12.8 Å². The summed E-state index contributed by atoms with van der Waals surface area (Å²) < 4.78 is 1.24. The van der Waals surface area contributed by atoms with E-state index in [1.807, 2.05) is 30.3 Å². The number of hydrogen-bond donors (Lipinski definition) is 3. The number of aliphatic imine (C=N–C) groups is 1. The van der Waals surface area contributed by atoms with Gasteiger partial charge in [-0.3, -0.25) is 9.79 Å². The summed E-state index contributed by atoms with van der Waals surface area (Å²) in [6.45, 7) is 4.37. The van der Waals surface area contributed by atoms with Crippen LogP contribution in [0.5, 0.6) is 0 Å². The quantitative estimate of drug-likeness (QED) is 0.280. The molecule has 0 fully saturated rings. The zero-order chi connectivity index (χ0) is 21.2. The van der Waals surface area contributed by atoms with Crippen LogP contribution < -0.4 is 16.0 Å². The molecule has 1 aromatic heterocycles. The van der Waals surface area contributed by atoms with Crippen LogP contribution in [0.3, 0.4) is 0 Å². The van der Waals surface area contributed by atoms with Crippen LogP contribution in [0.2, 0.25) is 0 Å². The van der Waals surface area contributed by atoms with E-state index in [0.29, 0.717) is 5.56 Å². The molecule has 1 heterocycles. The molecule has 3 rings (SSSR count). The van der Waals surface area contributed by atoms with Crippen LogP contribution in [0.4, 0.5) is 0 Å². The van der Waals surface area contributed by atoms with Crippen molar-refractivity contribution in [2.45, 2.75) is 26.2 Å². The lowest BCUT2D eigenvalue weighted by atomic mass is 10.1. The number of carbonyl (C=O) groups is 1. The molecule has 2 aromatic carbocycles. The Morgan fingerprint density at radius 2 is 1.97 bits per heavy atom. The van der Waals surface area contributed by atoms with Gasteiger partial charge in [-0.05, 0) is 49.6 Å². The van der Waals surface area contributed by atoms with Gasteiger partial charge in [0.2, 0.25) is 0 Å². The van der Waals surface area contributed by atoms with Gasteiger partial charge in [-0.15, -0.1) is 11.3 Å². The van der Waals surface area contributed by atoms with Gasteiger partial charge >= 0.3 is 0 Å². The first kappa shape index (κ1) is 21.8. The molecule has 3 N–H and O–H groups in total. The number of amides is 1. The van der Waals surface area contributed by atoms with Crippen LogP contribution in [0.1, 0.15) is 34.3 Å². The van der Waals surface area contributed by atoms with Crippen molar-refractivity contribution in [2.75, 3.05) is 26.7 Å². The van der Waals surface area contributed by atoms with Crippen molar-refractivity contribution in [3.05, 3.63) is 64.7 Å². The fraction of sp³-hybridized carbons (Fsp3) is 0.348. The number of nitrogens with one attached hydrogen (secondary N) is 3. The summed E-state index contributed by atoms with van der Waals surface area (Å²) in [7, 11) is 1.65. The number of aryl methyl sites for hydroxylation is 1. The summed E-state index contributed by atoms with van der Waals surface area (Å²) in [5.41, 5.74) is 2.89. The van der Waals surface area contributed by atoms with E-state index < -0.39 is 0 Å². The van der Waals surface area contributed by atoms with E-state index in [9.17, 15) is 4.79 Å². The van der Waals surface area contributed by atoms with Crippen molar-refractivity contribution >= 4 is 33.4 Å². The first-order chi connectivity index (χ1) is 14.7. The van der Waals surface area contributed by atoms with E-state index in [-0.39, 0.29) is 5.91 Å². The van der Waals surface area contributed by atoms with Crippen LogP contribution in [0.15, 0.2) is 53.5 Å². The number of aromatic nitrogens is 1. The molecule has 158 valence electrons. The van der Waals surface area contributed by atoms with Gasteiger partial charge in [0, 0.05) is 38.7 Å². The lowest BCUT2D eigenvalue weighted by Crippen LogP contribution is -2.38. The van der Waals surface area contributed by atoms with Crippen LogP contribution >= 0.6 is 11.3 Å². The Bertz CT molecular complexity index is 965. The van der Waals surface area contributed by atoms with E-state index in [1.165, 1.54) is 9.71 Å². The van der Waals surface area contributed by atoms with Gasteiger partial charge in [0.15, 0.2) is 5.96 Å². The van der Waals surface area contributed by atoms with Crippen molar-refractivity contribution in [3.63, 3.8) is 0 Å². The van der Waals surface area contributed by atoms with Crippen molar-refractivity contribution in [2.24, 2.45) is 4.99 Å². The minimum atomic E-state index is -0.0622.